The fourth-order valence-electron chi connectivity index (χ4n) is 10.2. The van der Waals surface area contributed by atoms with Crippen LogP contribution in [0.25, 0.3) is 0 Å². The van der Waals surface area contributed by atoms with Crippen LogP contribution in [-0.2, 0) is 42.9 Å². The number of aliphatic hydroxyl groups excluding tert-OH is 2. The third-order valence-corrected chi connectivity index (χ3v) is 13.6. The lowest BCUT2D eigenvalue weighted by atomic mass is 9.44. The first-order chi connectivity index (χ1) is 29.7. The number of amides is 1. The molecule has 2 saturated carbocycles. The van der Waals surface area contributed by atoms with Gasteiger partial charge in [0.05, 0.1) is 35.6 Å². The molecule has 63 heavy (non-hydrogen) atoms. The second-order valence-electron chi connectivity index (χ2n) is 17.5. The van der Waals surface area contributed by atoms with Gasteiger partial charge in [-0.05, 0) is 67.0 Å². The number of hydrogen-bond acceptors (Lipinski definition) is 15. The standard InChI is InChI=1S/C47H51NO15/c1-24-31(61-43(57)36(53)35(27-17-19-30(51)20-18-27)48-41(55)28-13-9-7-10-14-28)22-47(58)40(62-42(56)29-15-11-8-12-16-29)38-45(6,32(52)21-33-46(38,23-59-33)63-26(3)50)39(54)37(60-25(2)49)34(24)44(47,4)5/h7-20,31-33,35-38,40,51-53,58H,21-23H2,1-6H3,(H,48,55)/t31-,32-,33+,35-,36+,37+,38?,40-,45+,46-,47+/m0/s1. The van der Waals surface area contributed by atoms with E-state index < -0.39 is 113 Å². The van der Waals surface area contributed by atoms with Crippen molar-refractivity contribution in [2.24, 2.45) is 16.7 Å². The first-order valence-corrected chi connectivity index (χ1v) is 20.6. The van der Waals surface area contributed by atoms with Gasteiger partial charge in [-0.1, -0.05) is 62.4 Å². The summed E-state index contributed by atoms with van der Waals surface area (Å²) >= 11 is 0. The van der Waals surface area contributed by atoms with Crippen LogP contribution in [0, 0.1) is 16.7 Å². The van der Waals surface area contributed by atoms with E-state index >= 15 is 4.79 Å². The molecule has 1 amide bonds. The van der Waals surface area contributed by atoms with Crippen molar-refractivity contribution in [3.63, 3.8) is 0 Å². The Bertz CT molecular complexity index is 2330. The molecule has 1 saturated heterocycles. The fourth-order valence-corrected chi connectivity index (χ4v) is 10.2. The molecule has 3 aliphatic carbocycles. The molecule has 0 aromatic heterocycles. The number of ketones is 1. The third kappa shape index (κ3) is 7.58. The molecule has 3 aromatic rings. The maximum Gasteiger partial charge on any atom is 0.338 e. The van der Waals surface area contributed by atoms with E-state index in [1.54, 1.807) is 50.2 Å². The number of nitrogens with one attached hydrogen (secondary N) is 1. The van der Waals surface area contributed by atoms with E-state index in [0.717, 1.165) is 13.8 Å². The number of phenols is 1. The Morgan fingerprint density at radius 2 is 1.44 bits per heavy atom. The lowest BCUT2D eigenvalue weighted by Crippen LogP contribution is -2.82. The minimum absolute atomic E-state index is 0.0302. The second-order valence-corrected chi connectivity index (χ2v) is 17.5. The topological polar surface area (TPSA) is 242 Å². The highest BCUT2D eigenvalue weighted by Crippen LogP contribution is 2.64. The summed E-state index contributed by atoms with van der Waals surface area (Å²) in [6.07, 6.45) is -10.8. The number of rotatable bonds is 10. The van der Waals surface area contributed by atoms with Gasteiger partial charge >= 0.3 is 23.9 Å². The molecule has 2 bridgehead atoms. The molecular formula is C47H51NO15. The van der Waals surface area contributed by atoms with Crippen molar-refractivity contribution in [2.75, 3.05) is 6.61 Å². The van der Waals surface area contributed by atoms with Gasteiger partial charge in [-0.2, -0.15) is 0 Å². The summed E-state index contributed by atoms with van der Waals surface area (Å²) in [4.78, 5) is 83.5. The van der Waals surface area contributed by atoms with Gasteiger partial charge < -0.3 is 49.4 Å². The Labute approximate surface area is 363 Å². The van der Waals surface area contributed by atoms with Crippen molar-refractivity contribution >= 4 is 35.6 Å². The molecule has 5 N–H and O–H groups in total. The summed E-state index contributed by atoms with van der Waals surface area (Å²) in [5.74, 6) is -7.18. The van der Waals surface area contributed by atoms with E-state index in [4.69, 9.17) is 23.7 Å². The number of Topliss-reactive ketones (excluding diaryl/α,β-unsaturated/α-hetero) is 1. The van der Waals surface area contributed by atoms with Crippen LogP contribution in [0.3, 0.4) is 0 Å². The van der Waals surface area contributed by atoms with Crippen LogP contribution < -0.4 is 5.32 Å². The number of aliphatic hydroxyl groups is 3. The Balaban J connectivity index is 1.39. The molecule has 334 valence electrons. The maximum atomic E-state index is 15.5. The van der Waals surface area contributed by atoms with Crippen LogP contribution in [0.1, 0.15) is 86.7 Å². The zero-order chi connectivity index (χ0) is 45.8. The van der Waals surface area contributed by atoms with E-state index in [-0.39, 0.29) is 46.6 Å². The van der Waals surface area contributed by atoms with Crippen molar-refractivity contribution in [1.82, 2.24) is 5.32 Å². The number of hydrogen-bond donors (Lipinski definition) is 5. The van der Waals surface area contributed by atoms with E-state index in [9.17, 15) is 44.4 Å². The summed E-state index contributed by atoms with van der Waals surface area (Å²) in [5, 5.41) is 50.2. The Hall–Kier alpha value is -5.94. The van der Waals surface area contributed by atoms with Crippen LogP contribution in [0.15, 0.2) is 96.1 Å². The van der Waals surface area contributed by atoms with Gasteiger partial charge in [0.1, 0.15) is 29.7 Å². The largest absolute Gasteiger partial charge is 0.508 e. The Morgan fingerprint density at radius 1 is 0.841 bits per heavy atom. The van der Waals surface area contributed by atoms with Gasteiger partial charge in [0.25, 0.3) is 5.91 Å². The summed E-state index contributed by atoms with van der Waals surface area (Å²) in [6.45, 7) is 7.86. The molecule has 16 nitrogen and oxygen atoms in total. The fraction of sp³-hybridized carbons (Fsp3) is 0.447. The van der Waals surface area contributed by atoms with E-state index in [2.05, 4.69) is 5.32 Å². The average molecular weight is 870 g/mol. The molecular weight excluding hydrogens is 819 g/mol. The van der Waals surface area contributed by atoms with Gasteiger partial charge in [-0.15, -0.1) is 0 Å². The number of aromatic hydroxyl groups is 1. The van der Waals surface area contributed by atoms with E-state index in [1.807, 2.05) is 0 Å². The molecule has 1 unspecified atom stereocenters. The number of fused-ring (bicyclic) bond motifs is 5. The number of carbonyl (C=O) groups is 6. The maximum absolute atomic E-state index is 15.5. The zero-order valence-electron chi connectivity index (χ0n) is 35.6. The molecule has 1 aliphatic heterocycles. The summed E-state index contributed by atoms with van der Waals surface area (Å²) in [7, 11) is 0. The van der Waals surface area contributed by atoms with Crippen molar-refractivity contribution in [3.8, 4) is 5.75 Å². The normalized spacial score (nSPS) is 31.5. The van der Waals surface area contributed by atoms with Crippen LogP contribution in [-0.4, -0.2) is 110 Å². The summed E-state index contributed by atoms with van der Waals surface area (Å²) in [5.41, 5.74) is -7.39. The zero-order valence-corrected chi connectivity index (χ0v) is 35.6. The highest BCUT2D eigenvalue weighted by molar-refractivity contribution is 5.96. The number of esters is 4. The van der Waals surface area contributed by atoms with Crippen molar-refractivity contribution in [1.29, 1.82) is 0 Å². The molecule has 3 aromatic carbocycles. The minimum Gasteiger partial charge on any atom is -0.508 e. The van der Waals surface area contributed by atoms with Crippen LogP contribution in [0.5, 0.6) is 5.75 Å². The van der Waals surface area contributed by atoms with Gasteiger partial charge in [-0.3, -0.25) is 19.2 Å². The van der Waals surface area contributed by atoms with Crippen LogP contribution >= 0.6 is 0 Å². The minimum atomic E-state index is -2.42. The molecule has 4 aliphatic rings. The molecule has 11 atom stereocenters. The number of ether oxygens (including phenoxy) is 5. The third-order valence-electron chi connectivity index (χ3n) is 13.6. The molecule has 0 spiro atoms. The lowest BCUT2D eigenvalue weighted by molar-refractivity contribution is -0.346. The first kappa shape index (κ1) is 45.1. The van der Waals surface area contributed by atoms with E-state index in [1.165, 1.54) is 62.4 Å². The predicted octanol–water partition coefficient (Wildman–Crippen LogP) is 3.44. The SMILES string of the molecule is CC(=O)O[C@H]1C(=O)[C@@]2(C)C([C@H](OC(=O)c3ccccc3)[C@]3(O)C[C@H](OC(=O)[C@H](O)[C@@H](NC(=O)c4ccccc4)c4ccc(O)cc4)C(C)=C1C3(C)C)[C@]1(OC(C)=O)CO[C@@H]1C[C@@H]2O. The van der Waals surface area contributed by atoms with Crippen molar-refractivity contribution < 1.29 is 72.9 Å². The highest BCUT2D eigenvalue weighted by atomic mass is 16.6. The Kier molecular flexibility index (Phi) is 11.9. The van der Waals surface area contributed by atoms with Crippen LogP contribution in [0.2, 0.25) is 0 Å². The van der Waals surface area contributed by atoms with E-state index in [0.29, 0.717) is 0 Å². The second kappa shape index (κ2) is 16.6. The lowest BCUT2D eigenvalue weighted by Gasteiger charge is -2.67. The molecule has 16 heteroatoms. The highest BCUT2D eigenvalue weighted by Gasteiger charge is 2.78. The quantitative estimate of drug-likeness (QED) is 0.111. The van der Waals surface area contributed by atoms with Crippen molar-refractivity contribution in [3.05, 3.63) is 113 Å². The Morgan fingerprint density at radius 3 is 2.00 bits per heavy atom. The summed E-state index contributed by atoms with van der Waals surface area (Å²) in [6, 6.07) is 19.7. The molecule has 3 fully saturated rings. The molecule has 0 radical (unpaired) electrons. The smallest absolute Gasteiger partial charge is 0.338 e. The van der Waals surface area contributed by atoms with Crippen molar-refractivity contribution in [2.45, 2.75) is 108 Å². The number of benzene rings is 3. The van der Waals surface area contributed by atoms with Crippen LogP contribution in [0.4, 0.5) is 0 Å². The predicted molar refractivity (Wildman–Crippen MR) is 219 cm³/mol. The molecule has 1 heterocycles. The summed E-state index contributed by atoms with van der Waals surface area (Å²) < 4.78 is 30.2. The number of phenolic OH excluding ortho intramolecular Hbond substituents is 1. The average Bonchev–Trinajstić information content (AvgIpc) is 3.24. The molecule has 7 rings (SSSR count). The monoisotopic (exact) mass is 869 g/mol. The van der Waals surface area contributed by atoms with Gasteiger partial charge in [-0.25, -0.2) is 9.59 Å². The first-order valence-electron chi connectivity index (χ1n) is 20.6. The van der Waals surface area contributed by atoms with Gasteiger partial charge in [0.2, 0.25) is 0 Å². The van der Waals surface area contributed by atoms with Gasteiger partial charge in [0.15, 0.2) is 23.6 Å². The number of carbonyl (C=O) groups excluding carboxylic acids is 6. The van der Waals surface area contributed by atoms with Gasteiger partial charge in [0, 0.05) is 37.7 Å².